The molecular formula is C19H29N6O2S+. The zero-order chi connectivity index (χ0) is 20.5. The number of hydrogen-bond donors (Lipinski definition) is 3. The van der Waals surface area contributed by atoms with Crippen LogP contribution < -0.4 is 15.5 Å². The molecular weight excluding hydrogens is 376 g/mol. The molecule has 28 heavy (non-hydrogen) atoms. The van der Waals surface area contributed by atoms with Crippen molar-refractivity contribution in [1.29, 1.82) is 0 Å². The van der Waals surface area contributed by atoms with Gasteiger partial charge in [0, 0.05) is 13.0 Å². The van der Waals surface area contributed by atoms with E-state index in [2.05, 4.69) is 58.5 Å². The van der Waals surface area contributed by atoms with Gasteiger partial charge in [0.05, 0.1) is 26.4 Å². The van der Waals surface area contributed by atoms with Crippen molar-refractivity contribution in [2.45, 2.75) is 38.0 Å². The topological polar surface area (TPSA) is 93.3 Å². The standard InChI is InChI=1S/C19H28N6O2S/c1-5-15(24(3)4)17-22-23-19(25(17)12-14-10-8-7-9-11-14)28-13-16(26)21-18(27)20-6-2/h7-11,15H,5-6,12-13H2,1-4H3,(H2,20,21,26,27)/p+1/t15-/m1/s1. The minimum absolute atomic E-state index is 0.0929. The normalized spacial score (nSPS) is 12.0. The van der Waals surface area contributed by atoms with E-state index in [1.54, 1.807) is 6.92 Å². The van der Waals surface area contributed by atoms with E-state index in [1.807, 2.05) is 18.2 Å². The third-order valence-corrected chi connectivity index (χ3v) is 5.24. The fourth-order valence-electron chi connectivity index (χ4n) is 2.93. The fraction of sp³-hybridized carbons (Fsp3) is 0.474. The van der Waals surface area contributed by atoms with Gasteiger partial charge in [0.1, 0.15) is 6.04 Å². The van der Waals surface area contributed by atoms with Crippen molar-refractivity contribution in [2.24, 2.45) is 0 Å². The molecule has 1 heterocycles. The van der Waals surface area contributed by atoms with Gasteiger partial charge in [-0.3, -0.25) is 14.7 Å². The molecule has 1 aromatic heterocycles. The summed E-state index contributed by atoms with van der Waals surface area (Å²) >= 11 is 1.28. The zero-order valence-electron chi connectivity index (χ0n) is 16.9. The van der Waals surface area contributed by atoms with Crippen LogP contribution >= 0.6 is 11.8 Å². The number of benzene rings is 1. The third-order valence-electron chi connectivity index (χ3n) is 4.27. The van der Waals surface area contributed by atoms with Crippen molar-refractivity contribution in [1.82, 2.24) is 25.4 Å². The van der Waals surface area contributed by atoms with E-state index in [0.29, 0.717) is 18.2 Å². The van der Waals surface area contributed by atoms with E-state index < -0.39 is 6.03 Å². The molecule has 0 unspecified atom stereocenters. The molecule has 0 aliphatic heterocycles. The van der Waals surface area contributed by atoms with Gasteiger partial charge >= 0.3 is 6.03 Å². The molecule has 0 radical (unpaired) electrons. The van der Waals surface area contributed by atoms with Crippen molar-refractivity contribution in [3.8, 4) is 0 Å². The number of aromatic nitrogens is 3. The van der Waals surface area contributed by atoms with Gasteiger partial charge in [-0.15, -0.1) is 10.2 Å². The Bertz CT molecular complexity index is 778. The summed E-state index contributed by atoms with van der Waals surface area (Å²) in [4.78, 5) is 24.8. The Morgan fingerprint density at radius 3 is 2.50 bits per heavy atom. The van der Waals surface area contributed by atoms with Crippen molar-refractivity contribution >= 4 is 23.7 Å². The molecule has 0 fully saturated rings. The van der Waals surface area contributed by atoms with Crippen LogP contribution in [0.15, 0.2) is 35.5 Å². The summed E-state index contributed by atoms with van der Waals surface area (Å²) < 4.78 is 2.07. The predicted octanol–water partition coefficient (Wildman–Crippen LogP) is 0.860. The molecule has 3 amide bonds. The Balaban J connectivity index is 2.19. The Kier molecular flexibility index (Phi) is 8.46. The quantitative estimate of drug-likeness (QED) is 0.538. The summed E-state index contributed by atoms with van der Waals surface area (Å²) in [6, 6.07) is 9.82. The number of carbonyl (C=O) groups is 2. The number of nitrogens with zero attached hydrogens (tertiary/aromatic N) is 3. The van der Waals surface area contributed by atoms with E-state index in [4.69, 9.17) is 0 Å². The number of thioether (sulfide) groups is 1. The highest BCUT2D eigenvalue weighted by Crippen LogP contribution is 2.22. The number of amides is 3. The second-order valence-electron chi connectivity index (χ2n) is 6.65. The second-order valence-corrected chi connectivity index (χ2v) is 7.59. The van der Waals surface area contributed by atoms with Crippen LogP contribution in [0.25, 0.3) is 0 Å². The molecule has 2 rings (SSSR count). The number of imide groups is 1. The van der Waals surface area contributed by atoms with Gasteiger partial charge in [0.25, 0.3) is 0 Å². The van der Waals surface area contributed by atoms with Crippen LogP contribution in [-0.2, 0) is 11.3 Å². The summed E-state index contributed by atoms with van der Waals surface area (Å²) in [5.74, 6) is 0.630. The lowest BCUT2D eigenvalue weighted by Crippen LogP contribution is -3.06. The van der Waals surface area contributed by atoms with Gasteiger partial charge in [-0.2, -0.15) is 0 Å². The average Bonchev–Trinajstić information content (AvgIpc) is 3.04. The molecule has 0 aliphatic rings. The number of hydrogen-bond acceptors (Lipinski definition) is 5. The summed E-state index contributed by atoms with van der Waals surface area (Å²) in [5, 5.41) is 14.3. The Hall–Kier alpha value is -2.39. The molecule has 8 nitrogen and oxygen atoms in total. The molecule has 2 aromatic rings. The fourth-order valence-corrected chi connectivity index (χ4v) is 3.67. The summed E-state index contributed by atoms with van der Waals surface area (Å²) in [5.41, 5.74) is 1.14. The highest BCUT2D eigenvalue weighted by Gasteiger charge is 2.25. The van der Waals surface area contributed by atoms with Crippen molar-refractivity contribution < 1.29 is 14.5 Å². The van der Waals surface area contributed by atoms with Crippen LogP contribution in [-0.4, -0.2) is 53.1 Å². The SMILES string of the molecule is CCNC(=O)NC(=O)CSc1nnc([C@@H](CC)[NH+](C)C)n1Cc1ccccc1. The molecule has 0 aliphatic carbocycles. The van der Waals surface area contributed by atoms with Crippen LogP contribution in [0, 0.1) is 0 Å². The monoisotopic (exact) mass is 405 g/mol. The second kappa shape index (κ2) is 10.8. The number of urea groups is 1. The predicted molar refractivity (Wildman–Crippen MR) is 109 cm³/mol. The first kappa shape index (κ1) is 21.9. The number of carbonyl (C=O) groups excluding carboxylic acids is 2. The van der Waals surface area contributed by atoms with E-state index in [0.717, 1.165) is 17.8 Å². The minimum atomic E-state index is -0.484. The van der Waals surface area contributed by atoms with Gasteiger partial charge in [0.15, 0.2) is 11.0 Å². The van der Waals surface area contributed by atoms with E-state index >= 15 is 0 Å². The van der Waals surface area contributed by atoms with Crippen LogP contribution in [0.1, 0.15) is 37.7 Å². The molecule has 0 saturated carbocycles. The summed E-state index contributed by atoms with van der Waals surface area (Å²) in [6.07, 6.45) is 0.928. The van der Waals surface area contributed by atoms with Crippen molar-refractivity contribution in [3.63, 3.8) is 0 Å². The van der Waals surface area contributed by atoms with E-state index in [-0.39, 0.29) is 17.7 Å². The molecule has 1 aromatic carbocycles. The van der Waals surface area contributed by atoms with Crippen LogP contribution in [0.3, 0.4) is 0 Å². The summed E-state index contributed by atoms with van der Waals surface area (Å²) in [6.45, 7) is 5.02. The highest BCUT2D eigenvalue weighted by atomic mass is 32.2. The molecule has 0 saturated heterocycles. The Morgan fingerprint density at radius 2 is 1.89 bits per heavy atom. The first-order chi connectivity index (χ1) is 13.5. The zero-order valence-corrected chi connectivity index (χ0v) is 17.7. The molecule has 0 bridgehead atoms. The van der Waals surface area contributed by atoms with Gasteiger partial charge in [-0.25, -0.2) is 4.79 Å². The summed E-state index contributed by atoms with van der Waals surface area (Å²) in [7, 11) is 4.20. The van der Waals surface area contributed by atoms with Gasteiger partial charge in [0.2, 0.25) is 5.91 Å². The Morgan fingerprint density at radius 1 is 1.18 bits per heavy atom. The van der Waals surface area contributed by atoms with Crippen molar-refractivity contribution in [2.75, 3.05) is 26.4 Å². The highest BCUT2D eigenvalue weighted by molar-refractivity contribution is 7.99. The minimum Gasteiger partial charge on any atom is -0.338 e. The van der Waals surface area contributed by atoms with Crippen LogP contribution in [0.5, 0.6) is 0 Å². The molecule has 152 valence electrons. The molecule has 1 atom stereocenters. The molecule has 9 heteroatoms. The smallest absolute Gasteiger partial charge is 0.321 e. The van der Waals surface area contributed by atoms with Gasteiger partial charge in [-0.05, 0) is 12.5 Å². The van der Waals surface area contributed by atoms with E-state index in [1.165, 1.54) is 16.7 Å². The number of nitrogens with one attached hydrogen (secondary N) is 3. The lowest BCUT2D eigenvalue weighted by Gasteiger charge is -2.20. The van der Waals surface area contributed by atoms with Crippen molar-refractivity contribution in [3.05, 3.63) is 41.7 Å². The largest absolute Gasteiger partial charge is 0.338 e. The maximum absolute atomic E-state index is 12.0. The van der Waals surface area contributed by atoms with Crippen LogP contribution in [0.2, 0.25) is 0 Å². The maximum atomic E-state index is 12.0. The lowest BCUT2D eigenvalue weighted by atomic mass is 10.2. The molecule has 0 spiro atoms. The number of quaternary nitrogens is 1. The van der Waals surface area contributed by atoms with Crippen LogP contribution in [0.4, 0.5) is 4.79 Å². The third kappa shape index (κ3) is 6.07. The van der Waals surface area contributed by atoms with Gasteiger partial charge < -0.3 is 10.2 Å². The maximum Gasteiger partial charge on any atom is 0.321 e. The van der Waals surface area contributed by atoms with E-state index in [9.17, 15) is 9.59 Å². The van der Waals surface area contributed by atoms with Gasteiger partial charge in [-0.1, -0.05) is 49.0 Å². The first-order valence-corrected chi connectivity index (χ1v) is 10.4. The average molecular weight is 406 g/mol. The first-order valence-electron chi connectivity index (χ1n) is 9.43. The Labute approximate surface area is 170 Å². The molecule has 3 N–H and O–H groups in total. The number of rotatable bonds is 9. The lowest BCUT2D eigenvalue weighted by molar-refractivity contribution is -0.893.